The van der Waals surface area contributed by atoms with E-state index in [9.17, 15) is 13.0 Å². The van der Waals surface area contributed by atoms with Crippen molar-refractivity contribution in [1.82, 2.24) is 0 Å². The van der Waals surface area contributed by atoms with Crippen molar-refractivity contribution in [2.45, 2.75) is 14.7 Å². The molecule has 0 saturated heterocycles. The molecule has 0 saturated carbocycles. The van der Waals surface area contributed by atoms with Crippen LogP contribution in [0.4, 0.5) is 0 Å². The summed E-state index contributed by atoms with van der Waals surface area (Å²) in [5, 5.41) is 0.544. The quantitative estimate of drug-likeness (QED) is 0.697. The normalized spacial score (nSPS) is 13.2. The molecule has 0 aliphatic rings. The van der Waals surface area contributed by atoms with Crippen LogP contribution in [-0.2, 0) is 21.3 Å². The second kappa shape index (κ2) is 5.52. The predicted octanol–water partition coefficient (Wildman–Crippen LogP) is 2.75. The van der Waals surface area contributed by atoms with Gasteiger partial charge in [0, 0.05) is 16.2 Å². The van der Waals surface area contributed by atoms with Gasteiger partial charge in [-0.15, -0.1) is 0 Å². The summed E-state index contributed by atoms with van der Waals surface area (Å²) in [6, 6.07) is 11.7. The van der Waals surface area contributed by atoms with Gasteiger partial charge in [-0.1, -0.05) is 11.6 Å². The molecule has 0 fully saturated rings. The van der Waals surface area contributed by atoms with Gasteiger partial charge in [-0.25, -0.2) is 0 Å². The summed E-state index contributed by atoms with van der Waals surface area (Å²) < 4.78 is 42.8. The average Bonchev–Trinajstić information content (AvgIpc) is 2.38. The number of hydrogen-bond donors (Lipinski definition) is 1. The zero-order valence-electron chi connectivity index (χ0n) is 9.49. The Bertz CT molecular complexity index is 666. The maximum absolute atomic E-state index is 12.2. The number of rotatable bonds is 3. The highest BCUT2D eigenvalue weighted by Crippen LogP contribution is 2.23. The molecular weight excluding hydrogens is 308 g/mol. The Morgan fingerprint density at radius 2 is 1.37 bits per heavy atom. The molecule has 7 heteroatoms. The van der Waals surface area contributed by atoms with Crippen LogP contribution in [0.15, 0.2) is 63.2 Å². The lowest BCUT2D eigenvalue weighted by Crippen LogP contribution is -2.03. The van der Waals surface area contributed by atoms with Crippen LogP contribution in [-0.4, -0.2) is 17.5 Å². The van der Waals surface area contributed by atoms with Crippen molar-refractivity contribution in [3.05, 3.63) is 53.6 Å². The lowest BCUT2D eigenvalue weighted by atomic mass is 10.4. The van der Waals surface area contributed by atoms with Gasteiger partial charge in [-0.05, 0) is 48.5 Å². The van der Waals surface area contributed by atoms with E-state index in [0.717, 1.165) is 0 Å². The van der Waals surface area contributed by atoms with Crippen LogP contribution in [0.3, 0.4) is 0 Å². The summed E-state index contributed by atoms with van der Waals surface area (Å²) >= 11 is 4.31. The molecule has 1 unspecified atom stereocenters. The SMILES string of the molecule is O=S(=O)(O)c1ccc([S+]([O-])c2ccc(Cl)cc2)cc1. The first kappa shape index (κ1) is 14.4. The third-order valence-corrected chi connectivity index (χ3v) is 4.88. The lowest BCUT2D eigenvalue weighted by Gasteiger charge is -2.09. The minimum Gasteiger partial charge on any atom is -0.606 e. The van der Waals surface area contributed by atoms with Crippen LogP contribution in [0.5, 0.6) is 0 Å². The van der Waals surface area contributed by atoms with Crippen molar-refractivity contribution in [2.24, 2.45) is 0 Å². The lowest BCUT2D eigenvalue weighted by molar-refractivity contribution is 0.483. The number of halogens is 1. The Morgan fingerprint density at radius 1 is 0.947 bits per heavy atom. The maximum Gasteiger partial charge on any atom is 0.294 e. The third kappa shape index (κ3) is 3.49. The zero-order valence-corrected chi connectivity index (χ0v) is 11.9. The Balaban J connectivity index is 2.30. The first-order chi connectivity index (χ1) is 8.88. The Hall–Kier alpha value is -1.05. The molecule has 0 aliphatic heterocycles. The molecule has 0 aliphatic carbocycles. The molecule has 0 radical (unpaired) electrons. The van der Waals surface area contributed by atoms with Crippen LogP contribution in [0, 0.1) is 0 Å². The summed E-state index contributed by atoms with van der Waals surface area (Å²) in [7, 11) is -4.23. The third-order valence-electron chi connectivity index (χ3n) is 2.36. The van der Waals surface area contributed by atoms with E-state index in [1.54, 1.807) is 24.3 Å². The van der Waals surface area contributed by atoms with Gasteiger partial charge in [-0.3, -0.25) is 4.55 Å². The van der Waals surface area contributed by atoms with Crippen molar-refractivity contribution in [3.8, 4) is 0 Å². The molecule has 1 N–H and O–H groups in total. The van der Waals surface area contributed by atoms with E-state index in [2.05, 4.69) is 0 Å². The van der Waals surface area contributed by atoms with E-state index in [4.69, 9.17) is 16.2 Å². The Kier molecular flexibility index (Phi) is 4.17. The predicted molar refractivity (Wildman–Crippen MR) is 72.4 cm³/mol. The molecule has 0 amide bonds. The molecule has 2 aromatic carbocycles. The van der Waals surface area contributed by atoms with E-state index in [1.165, 1.54) is 24.3 Å². The molecular formula is C12H9ClO4S2. The highest BCUT2D eigenvalue weighted by Gasteiger charge is 2.16. The minimum atomic E-state index is -4.23. The van der Waals surface area contributed by atoms with E-state index in [1.807, 2.05) is 0 Å². The van der Waals surface area contributed by atoms with E-state index < -0.39 is 21.3 Å². The van der Waals surface area contributed by atoms with Gasteiger partial charge in [0.15, 0.2) is 9.79 Å². The maximum atomic E-state index is 12.2. The van der Waals surface area contributed by atoms with E-state index >= 15 is 0 Å². The van der Waals surface area contributed by atoms with Crippen LogP contribution in [0.25, 0.3) is 0 Å². The van der Waals surface area contributed by atoms with Gasteiger partial charge in [0.2, 0.25) is 0 Å². The molecule has 2 aromatic rings. The smallest absolute Gasteiger partial charge is 0.294 e. The zero-order chi connectivity index (χ0) is 14.0. The first-order valence-electron chi connectivity index (χ1n) is 5.13. The summed E-state index contributed by atoms with van der Waals surface area (Å²) in [6.07, 6.45) is 0. The summed E-state index contributed by atoms with van der Waals surface area (Å²) in [6.45, 7) is 0. The van der Waals surface area contributed by atoms with Gasteiger partial charge in [0.25, 0.3) is 10.1 Å². The summed E-state index contributed by atoms with van der Waals surface area (Å²) in [5.74, 6) is 0. The monoisotopic (exact) mass is 316 g/mol. The molecule has 0 aromatic heterocycles. The van der Waals surface area contributed by atoms with Crippen LogP contribution < -0.4 is 0 Å². The van der Waals surface area contributed by atoms with Gasteiger partial charge in [0.1, 0.15) is 0 Å². The second-order valence-corrected chi connectivity index (χ2v) is 7.01. The summed E-state index contributed by atoms with van der Waals surface area (Å²) in [5.41, 5.74) is 0. The standard InChI is InChI=1S/C12H9ClO4S2/c13-9-1-3-10(4-2-9)18(14)11-5-7-12(8-6-11)19(15,16)17/h1-8H,(H,15,16,17). The molecule has 4 nitrogen and oxygen atoms in total. The second-order valence-electron chi connectivity index (χ2n) is 3.67. The van der Waals surface area contributed by atoms with Crippen molar-refractivity contribution in [1.29, 1.82) is 0 Å². The molecule has 1 atom stereocenters. The average molecular weight is 317 g/mol. The number of benzene rings is 2. The van der Waals surface area contributed by atoms with Gasteiger partial charge in [-0.2, -0.15) is 8.42 Å². The fourth-order valence-corrected chi connectivity index (χ4v) is 3.07. The van der Waals surface area contributed by atoms with Crippen molar-refractivity contribution < 1.29 is 17.5 Å². The highest BCUT2D eigenvalue weighted by atomic mass is 35.5. The largest absolute Gasteiger partial charge is 0.606 e. The highest BCUT2D eigenvalue weighted by molar-refractivity contribution is 7.91. The van der Waals surface area contributed by atoms with Gasteiger partial charge >= 0.3 is 0 Å². The Morgan fingerprint density at radius 3 is 1.79 bits per heavy atom. The molecule has 19 heavy (non-hydrogen) atoms. The van der Waals surface area contributed by atoms with Crippen LogP contribution >= 0.6 is 11.6 Å². The minimum absolute atomic E-state index is 0.232. The van der Waals surface area contributed by atoms with Crippen molar-refractivity contribution in [2.75, 3.05) is 0 Å². The molecule has 2 rings (SSSR count). The molecule has 0 heterocycles. The molecule has 0 spiro atoms. The topological polar surface area (TPSA) is 77.4 Å². The van der Waals surface area contributed by atoms with Gasteiger partial charge < -0.3 is 4.55 Å². The van der Waals surface area contributed by atoms with Crippen LogP contribution in [0.2, 0.25) is 5.02 Å². The fraction of sp³-hybridized carbons (Fsp3) is 0. The van der Waals surface area contributed by atoms with Crippen molar-refractivity contribution in [3.63, 3.8) is 0 Å². The van der Waals surface area contributed by atoms with Crippen LogP contribution in [0.1, 0.15) is 0 Å². The van der Waals surface area contributed by atoms with E-state index in [-0.39, 0.29) is 4.90 Å². The number of hydrogen-bond acceptors (Lipinski definition) is 3. The molecule has 100 valence electrons. The Labute approximate surface area is 119 Å². The fourth-order valence-electron chi connectivity index (χ4n) is 1.43. The van der Waals surface area contributed by atoms with E-state index in [0.29, 0.717) is 14.8 Å². The first-order valence-corrected chi connectivity index (χ1v) is 8.09. The molecule has 0 bridgehead atoms. The van der Waals surface area contributed by atoms with Crippen molar-refractivity contribution >= 4 is 32.9 Å². The summed E-state index contributed by atoms with van der Waals surface area (Å²) in [4.78, 5) is 0.767. The van der Waals surface area contributed by atoms with Gasteiger partial charge in [0.05, 0.1) is 4.90 Å².